The molecule has 0 bridgehead atoms. The molecule has 0 heterocycles. The molecule has 0 aliphatic heterocycles. The summed E-state index contributed by atoms with van der Waals surface area (Å²) in [6.07, 6.45) is 0.0804. The Bertz CT molecular complexity index is 659. The van der Waals surface area contributed by atoms with Gasteiger partial charge >= 0.3 is 0 Å². The molecule has 2 N–H and O–H groups in total. The van der Waals surface area contributed by atoms with Crippen molar-refractivity contribution in [1.29, 1.82) is 0 Å². The summed E-state index contributed by atoms with van der Waals surface area (Å²) < 4.78 is 0. The maximum atomic E-state index is 9.97. The fourth-order valence-electron chi connectivity index (χ4n) is 1.74. The predicted octanol–water partition coefficient (Wildman–Crippen LogP) is 5.96. The average molecular weight is 372 g/mol. The van der Waals surface area contributed by atoms with Crippen LogP contribution in [0.25, 0.3) is 0 Å². The van der Waals surface area contributed by atoms with Crippen molar-refractivity contribution < 1.29 is 10.2 Å². The van der Waals surface area contributed by atoms with E-state index in [4.69, 9.17) is 58.0 Å². The largest absolute Gasteiger partial charge is 0.506 e. The van der Waals surface area contributed by atoms with E-state index in [1.807, 2.05) is 0 Å². The van der Waals surface area contributed by atoms with Crippen LogP contribution in [0.4, 0.5) is 0 Å². The van der Waals surface area contributed by atoms with Gasteiger partial charge in [-0.1, -0.05) is 58.0 Å². The van der Waals surface area contributed by atoms with Crippen molar-refractivity contribution in [1.82, 2.24) is 0 Å². The standard InChI is InChI=1S/C13H7Cl5O2/c14-6-1-5(12(19)9(16)3-6)2-7-11(18)8(15)4-10(17)13(7)20/h1,3-4,19-20H,2H2. The molecule has 0 fully saturated rings. The van der Waals surface area contributed by atoms with E-state index in [9.17, 15) is 10.2 Å². The van der Waals surface area contributed by atoms with Crippen LogP contribution in [0.1, 0.15) is 11.1 Å². The number of rotatable bonds is 2. The third kappa shape index (κ3) is 3.05. The summed E-state index contributed by atoms with van der Waals surface area (Å²) >= 11 is 29.6. The van der Waals surface area contributed by atoms with Gasteiger partial charge in [0.05, 0.1) is 20.1 Å². The van der Waals surface area contributed by atoms with Gasteiger partial charge in [0, 0.05) is 22.6 Å². The monoisotopic (exact) mass is 370 g/mol. The molecule has 20 heavy (non-hydrogen) atoms. The van der Waals surface area contributed by atoms with Gasteiger partial charge in [0.1, 0.15) is 11.5 Å². The molecule has 2 nitrogen and oxygen atoms in total. The average Bonchev–Trinajstić information content (AvgIpc) is 2.37. The highest BCUT2D eigenvalue weighted by atomic mass is 35.5. The highest BCUT2D eigenvalue weighted by Gasteiger charge is 2.17. The zero-order valence-electron chi connectivity index (χ0n) is 9.72. The first kappa shape index (κ1) is 15.9. The van der Waals surface area contributed by atoms with Gasteiger partial charge in [-0.3, -0.25) is 0 Å². The lowest BCUT2D eigenvalue weighted by Crippen LogP contribution is -1.93. The molecule has 2 rings (SSSR count). The van der Waals surface area contributed by atoms with Crippen molar-refractivity contribution in [2.24, 2.45) is 0 Å². The van der Waals surface area contributed by atoms with E-state index >= 15 is 0 Å². The van der Waals surface area contributed by atoms with Crippen molar-refractivity contribution >= 4 is 58.0 Å². The second-order valence-electron chi connectivity index (χ2n) is 4.05. The van der Waals surface area contributed by atoms with Gasteiger partial charge in [0.15, 0.2) is 0 Å². The maximum absolute atomic E-state index is 9.97. The summed E-state index contributed by atoms with van der Waals surface area (Å²) in [7, 11) is 0. The van der Waals surface area contributed by atoms with Gasteiger partial charge in [0.2, 0.25) is 0 Å². The molecule has 0 aliphatic carbocycles. The van der Waals surface area contributed by atoms with Crippen LogP contribution in [0.15, 0.2) is 18.2 Å². The molecule has 0 aromatic heterocycles. The molecule has 0 saturated heterocycles. The Kier molecular flexibility index (Phi) is 4.83. The van der Waals surface area contributed by atoms with E-state index in [2.05, 4.69) is 0 Å². The van der Waals surface area contributed by atoms with Crippen LogP contribution in [0.5, 0.6) is 11.5 Å². The molecule has 0 saturated carbocycles. The highest BCUT2D eigenvalue weighted by molar-refractivity contribution is 6.44. The van der Waals surface area contributed by atoms with Crippen molar-refractivity contribution in [3.05, 3.63) is 54.4 Å². The predicted molar refractivity (Wildman–Crippen MR) is 84.1 cm³/mol. The quantitative estimate of drug-likeness (QED) is 0.639. The molecule has 0 amide bonds. The van der Waals surface area contributed by atoms with Crippen LogP contribution in [0, 0.1) is 0 Å². The third-order valence-electron chi connectivity index (χ3n) is 2.71. The topological polar surface area (TPSA) is 40.5 Å². The lowest BCUT2D eigenvalue weighted by atomic mass is 10.0. The maximum Gasteiger partial charge on any atom is 0.139 e. The Hall–Kier alpha value is -0.510. The minimum atomic E-state index is -0.198. The third-order valence-corrected chi connectivity index (χ3v) is 4.34. The minimum absolute atomic E-state index is 0.0713. The lowest BCUT2D eigenvalue weighted by Gasteiger charge is -2.12. The highest BCUT2D eigenvalue weighted by Crippen LogP contribution is 2.41. The summed E-state index contributed by atoms with van der Waals surface area (Å²) in [5, 5.41) is 20.8. The van der Waals surface area contributed by atoms with Crippen molar-refractivity contribution in [3.63, 3.8) is 0 Å². The second-order valence-corrected chi connectivity index (χ2v) is 6.09. The zero-order chi connectivity index (χ0) is 15.0. The molecule has 0 unspecified atom stereocenters. The first-order valence-electron chi connectivity index (χ1n) is 5.33. The number of benzene rings is 2. The number of halogens is 5. The molecule has 0 atom stereocenters. The van der Waals surface area contributed by atoms with Gasteiger partial charge < -0.3 is 10.2 Å². The summed E-state index contributed by atoms with van der Waals surface area (Å²) in [6, 6.07) is 4.27. The molecule has 0 spiro atoms. The van der Waals surface area contributed by atoms with Gasteiger partial charge in [0.25, 0.3) is 0 Å². The van der Waals surface area contributed by atoms with Crippen molar-refractivity contribution in [2.45, 2.75) is 6.42 Å². The van der Waals surface area contributed by atoms with E-state index < -0.39 is 0 Å². The Morgan fingerprint density at radius 1 is 0.750 bits per heavy atom. The molecular weight excluding hydrogens is 365 g/mol. The smallest absolute Gasteiger partial charge is 0.139 e. The van der Waals surface area contributed by atoms with Crippen LogP contribution in [-0.4, -0.2) is 10.2 Å². The van der Waals surface area contributed by atoms with Crippen molar-refractivity contribution in [2.75, 3.05) is 0 Å². The van der Waals surface area contributed by atoms with Crippen LogP contribution >= 0.6 is 58.0 Å². The number of phenolic OH excluding ortho intramolecular Hbond substituents is 2. The summed E-state index contributed by atoms with van der Waals surface area (Å²) in [6.45, 7) is 0. The molecule has 0 radical (unpaired) electrons. The minimum Gasteiger partial charge on any atom is -0.506 e. The zero-order valence-corrected chi connectivity index (χ0v) is 13.5. The number of hydrogen-bond acceptors (Lipinski definition) is 2. The van der Waals surface area contributed by atoms with E-state index in [1.165, 1.54) is 18.2 Å². The first-order chi connectivity index (χ1) is 9.31. The van der Waals surface area contributed by atoms with Gasteiger partial charge in [-0.15, -0.1) is 0 Å². The Morgan fingerprint density at radius 3 is 2.00 bits per heavy atom. The molecular formula is C13H7Cl5O2. The van der Waals surface area contributed by atoms with Gasteiger partial charge in [-0.05, 0) is 18.2 Å². The van der Waals surface area contributed by atoms with E-state index in [0.29, 0.717) is 10.6 Å². The van der Waals surface area contributed by atoms with Crippen LogP contribution in [0.2, 0.25) is 25.1 Å². The van der Waals surface area contributed by atoms with Crippen molar-refractivity contribution in [3.8, 4) is 11.5 Å². The SMILES string of the molecule is Oc1c(Cl)cc(Cl)cc1Cc1c(O)c(Cl)cc(Cl)c1Cl. The van der Waals surface area contributed by atoms with Crippen LogP contribution in [-0.2, 0) is 6.42 Å². The van der Waals surface area contributed by atoms with E-state index in [1.54, 1.807) is 0 Å². The number of phenols is 2. The Labute approximate surface area is 140 Å². The fourth-order valence-corrected chi connectivity index (χ4v) is 2.99. The van der Waals surface area contributed by atoms with Gasteiger partial charge in [-0.25, -0.2) is 0 Å². The molecule has 106 valence electrons. The second kappa shape index (κ2) is 6.08. The molecule has 0 aliphatic rings. The van der Waals surface area contributed by atoms with Gasteiger partial charge in [-0.2, -0.15) is 0 Å². The summed E-state index contributed by atoms with van der Waals surface area (Å²) in [5.41, 5.74) is 0.691. The number of aromatic hydroxyl groups is 2. The number of hydrogen-bond donors (Lipinski definition) is 2. The normalized spacial score (nSPS) is 10.8. The van der Waals surface area contributed by atoms with Crippen LogP contribution < -0.4 is 0 Å². The Morgan fingerprint density at radius 2 is 1.35 bits per heavy atom. The van der Waals surface area contributed by atoms with E-state index in [-0.39, 0.29) is 43.6 Å². The fraction of sp³-hybridized carbons (Fsp3) is 0.0769. The molecule has 2 aromatic rings. The molecule has 7 heteroatoms. The first-order valence-corrected chi connectivity index (χ1v) is 7.22. The van der Waals surface area contributed by atoms with Crippen LogP contribution in [0.3, 0.4) is 0 Å². The van der Waals surface area contributed by atoms with E-state index in [0.717, 1.165) is 0 Å². The molecule has 2 aromatic carbocycles. The summed E-state index contributed by atoms with van der Waals surface area (Å²) in [4.78, 5) is 0. The summed E-state index contributed by atoms with van der Waals surface area (Å²) in [5.74, 6) is -0.334. The lowest BCUT2D eigenvalue weighted by molar-refractivity contribution is 0.463. The Balaban J connectivity index is 2.56.